The Morgan fingerprint density at radius 2 is 1.74 bits per heavy atom. The fraction of sp³-hybridized carbons (Fsp3) is 0.115. The topological polar surface area (TPSA) is 68.0 Å². The molecule has 34 heavy (non-hydrogen) atoms. The van der Waals surface area contributed by atoms with Crippen LogP contribution in [0.2, 0.25) is 10.0 Å². The zero-order valence-electron chi connectivity index (χ0n) is 17.7. The Morgan fingerprint density at radius 3 is 2.50 bits per heavy atom. The van der Waals surface area contributed by atoms with Gasteiger partial charge in [0.15, 0.2) is 0 Å². The largest absolute Gasteiger partial charge is 0.463 e. The van der Waals surface area contributed by atoms with Gasteiger partial charge in [-0.25, -0.2) is 5.01 Å². The van der Waals surface area contributed by atoms with E-state index in [1.807, 2.05) is 23.2 Å². The van der Waals surface area contributed by atoms with Crippen LogP contribution in [0.15, 0.2) is 84.0 Å². The first-order valence-electron chi connectivity index (χ1n) is 10.7. The second kappa shape index (κ2) is 8.01. The van der Waals surface area contributed by atoms with E-state index in [0.717, 1.165) is 27.8 Å². The second-order valence-corrected chi connectivity index (χ2v) is 9.18. The van der Waals surface area contributed by atoms with Crippen molar-refractivity contribution >= 4 is 45.4 Å². The molecule has 0 amide bonds. The van der Waals surface area contributed by atoms with E-state index in [-0.39, 0.29) is 11.7 Å². The molecule has 8 heteroatoms. The normalized spacial score (nSPS) is 18.8. The smallest absolute Gasteiger partial charge is 0.269 e. The summed E-state index contributed by atoms with van der Waals surface area (Å²) in [5.41, 5.74) is 3.59. The molecule has 168 valence electrons. The molecule has 2 aliphatic rings. The molecule has 0 saturated heterocycles. The van der Waals surface area contributed by atoms with Gasteiger partial charge in [0.25, 0.3) is 5.69 Å². The Balaban J connectivity index is 1.45. The summed E-state index contributed by atoms with van der Waals surface area (Å²) < 4.78 is 6.33. The van der Waals surface area contributed by atoms with Crippen LogP contribution in [0.4, 0.5) is 5.69 Å². The summed E-state index contributed by atoms with van der Waals surface area (Å²) in [5.74, 6) is 0.561. The average molecular weight is 490 g/mol. The molecule has 0 bridgehead atoms. The van der Waals surface area contributed by atoms with Gasteiger partial charge in [-0.05, 0) is 46.7 Å². The molecule has 0 saturated carbocycles. The number of halogens is 2. The third-order valence-corrected chi connectivity index (χ3v) is 6.78. The average Bonchev–Trinajstić information content (AvgIpc) is 3.29. The standard InChI is InChI=1S/C26H17Cl2N3O3/c27-19-12-21-24-14-23(18-6-5-15-3-1-2-4-17(15)11-18)29-30(24)26(34-25(21)22(28)13-19)16-7-9-20(10-8-16)31(32)33/h1-13,24,26H,14H2/t24-,26-/m0/s1. The van der Waals surface area contributed by atoms with Crippen molar-refractivity contribution in [1.29, 1.82) is 0 Å². The van der Waals surface area contributed by atoms with E-state index >= 15 is 0 Å². The maximum Gasteiger partial charge on any atom is 0.269 e. The number of non-ortho nitro benzene ring substituents is 1. The van der Waals surface area contributed by atoms with Crippen molar-refractivity contribution in [3.63, 3.8) is 0 Å². The van der Waals surface area contributed by atoms with E-state index in [1.165, 1.54) is 17.5 Å². The number of benzene rings is 4. The molecule has 4 aromatic rings. The van der Waals surface area contributed by atoms with Gasteiger partial charge >= 0.3 is 0 Å². The summed E-state index contributed by atoms with van der Waals surface area (Å²) in [6, 6.07) is 24.2. The lowest BCUT2D eigenvalue weighted by molar-refractivity contribution is -0.384. The van der Waals surface area contributed by atoms with Crippen molar-refractivity contribution in [1.82, 2.24) is 5.01 Å². The summed E-state index contributed by atoms with van der Waals surface area (Å²) in [6.07, 6.45) is 0.0596. The molecule has 0 aromatic heterocycles. The Kier molecular flexibility index (Phi) is 4.94. The molecule has 2 aliphatic heterocycles. The monoisotopic (exact) mass is 489 g/mol. The number of rotatable bonds is 3. The minimum atomic E-state index is -0.588. The number of ether oxygens (including phenoxy) is 1. The predicted octanol–water partition coefficient (Wildman–Crippen LogP) is 7.30. The first-order valence-corrected chi connectivity index (χ1v) is 11.5. The first-order chi connectivity index (χ1) is 16.5. The third-order valence-electron chi connectivity index (χ3n) is 6.28. The van der Waals surface area contributed by atoms with Gasteiger partial charge in [-0.15, -0.1) is 0 Å². The minimum Gasteiger partial charge on any atom is -0.463 e. The highest BCUT2D eigenvalue weighted by Crippen LogP contribution is 2.51. The van der Waals surface area contributed by atoms with Gasteiger partial charge in [0, 0.05) is 34.7 Å². The number of nitro benzene ring substituents is 1. The molecule has 4 aromatic carbocycles. The highest BCUT2D eigenvalue weighted by molar-refractivity contribution is 6.35. The van der Waals surface area contributed by atoms with Gasteiger partial charge in [0.1, 0.15) is 5.75 Å². The van der Waals surface area contributed by atoms with Crippen LogP contribution in [-0.4, -0.2) is 15.6 Å². The van der Waals surface area contributed by atoms with Crippen molar-refractivity contribution in [2.75, 3.05) is 0 Å². The van der Waals surface area contributed by atoms with Gasteiger partial charge in [0.05, 0.1) is 21.7 Å². The Bertz CT molecular complexity index is 1490. The molecule has 0 aliphatic carbocycles. The molecular formula is C26H17Cl2N3O3. The Morgan fingerprint density at radius 1 is 0.971 bits per heavy atom. The van der Waals surface area contributed by atoms with Crippen molar-refractivity contribution in [2.45, 2.75) is 18.7 Å². The van der Waals surface area contributed by atoms with Crippen molar-refractivity contribution < 1.29 is 9.66 Å². The molecule has 0 N–H and O–H groups in total. The highest BCUT2D eigenvalue weighted by atomic mass is 35.5. The van der Waals surface area contributed by atoms with Crippen LogP contribution in [-0.2, 0) is 0 Å². The SMILES string of the molecule is O=[N+]([O-])c1ccc([C@@H]2Oc3c(Cl)cc(Cl)cc3[C@@H]3CC(c4ccc5ccccc5c4)=NN32)cc1. The van der Waals surface area contributed by atoms with Crippen LogP contribution in [0.3, 0.4) is 0 Å². The van der Waals surface area contributed by atoms with E-state index in [4.69, 9.17) is 33.0 Å². The molecule has 0 spiro atoms. The highest BCUT2D eigenvalue weighted by Gasteiger charge is 2.42. The molecular weight excluding hydrogens is 473 g/mol. The predicted molar refractivity (Wildman–Crippen MR) is 133 cm³/mol. The zero-order chi connectivity index (χ0) is 23.4. The van der Waals surface area contributed by atoms with Crippen LogP contribution >= 0.6 is 23.2 Å². The molecule has 2 heterocycles. The summed E-state index contributed by atoms with van der Waals surface area (Å²) in [7, 11) is 0. The van der Waals surface area contributed by atoms with E-state index < -0.39 is 11.2 Å². The molecule has 6 rings (SSSR count). The summed E-state index contributed by atoms with van der Waals surface area (Å²) in [5, 5.41) is 21.2. The lowest BCUT2D eigenvalue weighted by Gasteiger charge is -2.38. The Hall–Kier alpha value is -3.61. The quantitative estimate of drug-likeness (QED) is 0.223. The number of hydrogen-bond donors (Lipinski definition) is 0. The van der Waals surface area contributed by atoms with Crippen LogP contribution in [0, 0.1) is 10.1 Å². The van der Waals surface area contributed by atoms with E-state index in [2.05, 4.69) is 30.3 Å². The second-order valence-electron chi connectivity index (χ2n) is 8.33. The lowest BCUT2D eigenvalue weighted by atomic mass is 9.95. The fourth-order valence-electron chi connectivity index (χ4n) is 4.64. The van der Waals surface area contributed by atoms with E-state index in [1.54, 1.807) is 18.2 Å². The van der Waals surface area contributed by atoms with Gasteiger partial charge in [0.2, 0.25) is 6.23 Å². The minimum absolute atomic E-state index is 0.0168. The van der Waals surface area contributed by atoms with Crippen LogP contribution in [0.25, 0.3) is 10.8 Å². The first kappa shape index (κ1) is 21.0. The molecule has 0 fully saturated rings. The summed E-state index contributed by atoms with van der Waals surface area (Å²) in [4.78, 5) is 10.7. The van der Waals surface area contributed by atoms with E-state index in [0.29, 0.717) is 22.2 Å². The summed E-state index contributed by atoms with van der Waals surface area (Å²) >= 11 is 12.9. The molecule has 2 atom stereocenters. The van der Waals surface area contributed by atoms with Gasteiger partial charge in [-0.1, -0.05) is 59.6 Å². The zero-order valence-corrected chi connectivity index (χ0v) is 19.2. The molecule has 0 radical (unpaired) electrons. The van der Waals surface area contributed by atoms with Crippen LogP contribution in [0.5, 0.6) is 5.75 Å². The number of nitrogens with zero attached hydrogens (tertiary/aromatic N) is 3. The van der Waals surface area contributed by atoms with Crippen LogP contribution in [0.1, 0.15) is 35.4 Å². The fourth-order valence-corrected chi connectivity index (χ4v) is 5.19. The van der Waals surface area contributed by atoms with Gasteiger partial charge < -0.3 is 4.74 Å². The van der Waals surface area contributed by atoms with Crippen molar-refractivity contribution in [3.05, 3.63) is 116 Å². The summed E-state index contributed by atoms with van der Waals surface area (Å²) in [6.45, 7) is 0. The van der Waals surface area contributed by atoms with Gasteiger partial charge in [-0.3, -0.25) is 10.1 Å². The maximum atomic E-state index is 11.1. The number of nitro groups is 1. The van der Waals surface area contributed by atoms with E-state index in [9.17, 15) is 10.1 Å². The third kappa shape index (κ3) is 3.47. The molecule has 0 unspecified atom stereocenters. The number of hydrogen-bond acceptors (Lipinski definition) is 5. The molecule has 6 nitrogen and oxygen atoms in total. The maximum absolute atomic E-state index is 11.1. The number of fused-ring (bicyclic) bond motifs is 4. The van der Waals surface area contributed by atoms with Crippen LogP contribution < -0.4 is 4.74 Å². The lowest BCUT2D eigenvalue weighted by Crippen LogP contribution is -2.33. The van der Waals surface area contributed by atoms with Gasteiger partial charge in [-0.2, -0.15) is 5.10 Å². The number of hydrazone groups is 1. The Labute approximate surface area is 205 Å². The van der Waals surface area contributed by atoms with Crippen molar-refractivity contribution in [3.8, 4) is 5.75 Å². The van der Waals surface area contributed by atoms with Crippen molar-refractivity contribution in [2.24, 2.45) is 5.10 Å².